The highest BCUT2D eigenvalue weighted by atomic mass is 32.1. The number of rotatable bonds is 3. The van der Waals surface area contributed by atoms with Crippen LogP contribution in [-0.4, -0.2) is 36.2 Å². The molecule has 2 unspecified atom stereocenters. The Kier molecular flexibility index (Phi) is 3.27. The summed E-state index contributed by atoms with van der Waals surface area (Å²) in [5.74, 6) is -1.19. The molecule has 0 aliphatic carbocycles. The molecule has 3 rings (SSSR count). The molecule has 20 heavy (non-hydrogen) atoms. The van der Waals surface area contributed by atoms with Gasteiger partial charge < -0.3 is 15.2 Å². The molecule has 1 aliphatic heterocycles. The van der Waals surface area contributed by atoms with Gasteiger partial charge >= 0.3 is 5.97 Å². The van der Waals surface area contributed by atoms with E-state index < -0.39 is 17.4 Å². The number of nitrogens with one attached hydrogen (secondary N) is 1. The maximum absolute atomic E-state index is 12.2. The summed E-state index contributed by atoms with van der Waals surface area (Å²) in [7, 11) is 0. The van der Waals surface area contributed by atoms with Crippen molar-refractivity contribution in [1.82, 2.24) is 5.32 Å². The van der Waals surface area contributed by atoms with Gasteiger partial charge in [-0.2, -0.15) is 0 Å². The van der Waals surface area contributed by atoms with Crippen LogP contribution in [0.1, 0.15) is 16.6 Å². The van der Waals surface area contributed by atoms with Crippen LogP contribution in [-0.2, 0) is 9.53 Å². The number of aliphatic carboxylic acids is 1. The molecular formula is C13H13NO4S2. The predicted molar refractivity (Wildman–Crippen MR) is 77.5 cm³/mol. The molecule has 2 atom stereocenters. The van der Waals surface area contributed by atoms with Crippen molar-refractivity contribution in [1.29, 1.82) is 0 Å². The highest BCUT2D eigenvalue weighted by Gasteiger charge is 2.47. The van der Waals surface area contributed by atoms with Crippen molar-refractivity contribution in [2.45, 2.75) is 13.0 Å². The van der Waals surface area contributed by atoms with Crippen LogP contribution in [0.5, 0.6) is 0 Å². The molecular weight excluding hydrogens is 298 g/mol. The van der Waals surface area contributed by atoms with E-state index >= 15 is 0 Å². The standard InChI is InChI=1S/C13H13NO4S2/c1-13(12(16)17)6-18-5-10(13)14-11(15)9-4-8-7(20-9)2-3-19-8/h2-4,10H,5-6H2,1H3,(H,14,15)(H,16,17). The lowest BCUT2D eigenvalue weighted by Crippen LogP contribution is -2.49. The van der Waals surface area contributed by atoms with E-state index in [0.29, 0.717) is 4.88 Å². The molecule has 2 aromatic rings. The lowest BCUT2D eigenvalue weighted by atomic mass is 9.85. The Morgan fingerprint density at radius 1 is 1.50 bits per heavy atom. The van der Waals surface area contributed by atoms with Gasteiger partial charge in [0.1, 0.15) is 5.41 Å². The van der Waals surface area contributed by atoms with Crippen molar-refractivity contribution in [2.75, 3.05) is 13.2 Å². The van der Waals surface area contributed by atoms with E-state index in [1.54, 1.807) is 18.3 Å². The highest BCUT2D eigenvalue weighted by molar-refractivity contribution is 7.27. The molecule has 2 N–H and O–H groups in total. The minimum absolute atomic E-state index is 0.118. The van der Waals surface area contributed by atoms with E-state index in [1.165, 1.54) is 11.3 Å². The minimum atomic E-state index is -1.07. The van der Waals surface area contributed by atoms with E-state index in [9.17, 15) is 14.7 Å². The number of carbonyl (C=O) groups is 2. The van der Waals surface area contributed by atoms with Gasteiger partial charge in [0.2, 0.25) is 0 Å². The fourth-order valence-electron chi connectivity index (χ4n) is 2.19. The number of amides is 1. The summed E-state index contributed by atoms with van der Waals surface area (Å²) in [6.45, 7) is 1.95. The average Bonchev–Trinajstić information content (AvgIpc) is 3.04. The zero-order valence-corrected chi connectivity index (χ0v) is 12.3. The van der Waals surface area contributed by atoms with E-state index in [-0.39, 0.29) is 19.1 Å². The molecule has 0 radical (unpaired) electrons. The van der Waals surface area contributed by atoms with Crippen LogP contribution in [0, 0.1) is 5.41 Å². The van der Waals surface area contributed by atoms with Gasteiger partial charge in [0, 0.05) is 9.40 Å². The molecule has 2 aromatic heterocycles. The highest BCUT2D eigenvalue weighted by Crippen LogP contribution is 2.32. The number of ether oxygens (including phenoxy) is 1. The van der Waals surface area contributed by atoms with Gasteiger partial charge in [0.15, 0.2) is 0 Å². The van der Waals surface area contributed by atoms with Gasteiger partial charge in [0.25, 0.3) is 5.91 Å². The Hall–Kier alpha value is -1.44. The zero-order valence-electron chi connectivity index (χ0n) is 10.7. The minimum Gasteiger partial charge on any atom is -0.481 e. The monoisotopic (exact) mass is 311 g/mol. The summed E-state index contributed by atoms with van der Waals surface area (Å²) >= 11 is 3.00. The van der Waals surface area contributed by atoms with Gasteiger partial charge in [0.05, 0.1) is 24.1 Å². The third-order valence-electron chi connectivity index (χ3n) is 3.61. The van der Waals surface area contributed by atoms with Crippen LogP contribution in [0.4, 0.5) is 0 Å². The van der Waals surface area contributed by atoms with Gasteiger partial charge in [-0.1, -0.05) is 0 Å². The second-order valence-corrected chi connectivity index (χ2v) is 7.06. The third kappa shape index (κ3) is 2.11. The van der Waals surface area contributed by atoms with Crippen LogP contribution in [0.2, 0.25) is 0 Å². The van der Waals surface area contributed by atoms with E-state index in [2.05, 4.69) is 5.32 Å². The maximum Gasteiger partial charge on any atom is 0.313 e. The number of carboxylic acid groups (broad SMARTS) is 1. The molecule has 0 aromatic carbocycles. The maximum atomic E-state index is 12.2. The molecule has 1 amide bonds. The van der Waals surface area contributed by atoms with Crippen LogP contribution >= 0.6 is 22.7 Å². The summed E-state index contributed by atoms with van der Waals surface area (Å²) in [6.07, 6.45) is 0. The average molecular weight is 311 g/mol. The molecule has 1 aliphatic rings. The smallest absolute Gasteiger partial charge is 0.313 e. The van der Waals surface area contributed by atoms with Gasteiger partial charge in [-0.05, 0) is 24.4 Å². The largest absolute Gasteiger partial charge is 0.481 e. The van der Waals surface area contributed by atoms with E-state index in [4.69, 9.17) is 4.74 Å². The second-order valence-electron chi connectivity index (χ2n) is 5.02. The van der Waals surface area contributed by atoms with Crippen molar-refractivity contribution < 1.29 is 19.4 Å². The molecule has 0 saturated carbocycles. The molecule has 106 valence electrons. The van der Waals surface area contributed by atoms with Crippen molar-refractivity contribution in [3.8, 4) is 0 Å². The van der Waals surface area contributed by atoms with E-state index in [0.717, 1.165) is 9.40 Å². The van der Waals surface area contributed by atoms with Crippen LogP contribution < -0.4 is 5.32 Å². The number of thiophene rings is 2. The topological polar surface area (TPSA) is 75.6 Å². The van der Waals surface area contributed by atoms with Gasteiger partial charge in [-0.3, -0.25) is 9.59 Å². The summed E-state index contributed by atoms with van der Waals surface area (Å²) < 4.78 is 7.37. The number of carbonyl (C=O) groups excluding carboxylic acids is 1. The summed E-state index contributed by atoms with van der Waals surface area (Å²) in [6, 6.07) is 3.31. The molecule has 7 heteroatoms. The quantitative estimate of drug-likeness (QED) is 0.911. The first kappa shape index (κ1) is 13.5. The van der Waals surface area contributed by atoms with Gasteiger partial charge in [-0.25, -0.2) is 0 Å². The SMILES string of the molecule is CC1(C(=O)O)COCC1NC(=O)c1cc2sccc2s1. The van der Waals surface area contributed by atoms with Crippen LogP contribution in [0.3, 0.4) is 0 Å². The summed E-state index contributed by atoms with van der Waals surface area (Å²) in [4.78, 5) is 24.2. The first-order chi connectivity index (χ1) is 9.50. The fourth-order valence-corrected chi connectivity index (χ4v) is 4.20. The lowest BCUT2D eigenvalue weighted by Gasteiger charge is -2.25. The Morgan fingerprint density at radius 3 is 3.00 bits per heavy atom. The normalized spacial score (nSPS) is 25.9. The second kappa shape index (κ2) is 4.83. The summed E-state index contributed by atoms with van der Waals surface area (Å²) in [5, 5.41) is 14.1. The van der Waals surface area contributed by atoms with Crippen molar-refractivity contribution in [2.24, 2.45) is 5.41 Å². The van der Waals surface area contributed by atoms with Crippen LogP contribution in [0.15, 0.2) is 17.5 Å². The first-order valence-corrected chi connectivity index (χ1v) is 7.79. The van der Waals surface area contributed by atoms with Gasteiger partial charge in [-0.15, -0.1) is 22.7 Å². The molecule has 1 saturated heterocycles. The number of hydrogen-bond donors (Lipinski definition) is 2. The molecule has 0 spiro atoms. The predicted octanol–water partition coefficient (Wildman–Crippen LogP) is 2.18. The van der Waals surface area contributed by atoms with Crippen LogP contribution in [0.25, 0.3) is 9.40 Å². The molecule has 0 bridgehead atoms. The van der Waals surface area contributed by atoms with Crippen molar-refractivity contribution in [3.05, 3.63) is 22.4 Å². The Balaban J connectivity index is 1.79. The number of hydrogen-bond acceptors (Lipinski definition) is 5. The zero-order chi connectivity index (χ0) is 14.3. The Morgan fingerprint density at radius 2 is 2.30 bits per heavy atom. The number of fused-ring (bicyclic) bond motifs is 1. The lowest BCUT2D eigenvalue weighted by molar-refractivity contribution is -0.148. The fraction of sp³-hybridized carbons (Fsp3) is 0.385. The molecule has 1 fully saturated rings. The third-order valence-corrected chi connectivity index (χ3v) is 5.70. The Labute approximate surface area is 123 Å². The first-order valence-electron chi connectivity index (χ1n) is 6.10. The van der Waals surface area contributed by atoms with Crippen molar-refractivity contribution in [3.63, 3.8) is 0 Å². The van der Waals surface area contributed by atoms with Crippen molar-refractivity contribution >= 4 is 43.9 Å². The summed E-state index contributed by atoms with van der Waals surface area (Å²) in [5.41, 5.74) is -1.07. The molecule has 3 heterocycles. The number of carboxylic acids is 1. The Bertz CT molecular complexity index is 648. The molecule has 5 nitrogen and oxygen atoms in total. The van der Waals surface area contributed by atoms with E-state index in [1.807, 2.05) is 17.5 Å².